The van der Waals surface area contributed by atoms with E-state index in [4.69, 9.17) is 5.11 Å². The number of carboxylic acids is 1. The number of carbonyl (C=O) groups excluding carboxylic acids is 1. The lowest BCUT2D eigenvalue weighted by Gasteiger charge is -2.35. The van der Waals surface area contributed by atoms with Gasteiger partial charge in [-0.15, -0.1) is 0 Å². The highest BCUT2D eigenvalue weighted by Crippen LogP contribution is 2.23. The normalized spacial score (nSPS) is 18.1. The van der Waals surface area contributed by atoms with Gasteiger partial charge >= 0.3 is 5.97 Å². The highest BCUT2D eigenvalue weighted by atomic mass is 32.2. The summed E-state index contributed by atoms with van der Waals surface area (Å²) in [6, 6.07) is 5.77. The van der Waals surface area contributed by atoms with E-state index in [1.807, 2.05) is 0 Å². The van der Waals surface area contributed by atoms with Crippen molar-refractivity contribution in [3.63, 3.8) is 0 Å². The maximum atomic E-state index is 12.8. The van der Waals surface area contributed by atoms with Crippen LogP contribution in [-0.4, -0.2) is 49.4 Å². The number of amides is 1. The molecule has 0 aliphatic carbocycles. The lowest BCUT2D eigenvalue weighted by Crippen LogP contribution is -2.44. The topological polar surface area (TPSA) is 104 Å². The van der Waals surface area contributed by atoms with Gasteiger partial charge in [-0.1, -0.05) is 6.92 Å². The van der Waals surface area contributed by atoms with Crippen LogP contribution in [0.3, 0.4) is 0 Å². The molecule has 0 radical (unpaired) electrons. The Hall–Kier alpha value is -1.93. The number of benzene rings is 1. The Labute approximate surface area is 148 Å². The van der Waals surface area contributed by atoms with Gasteiger partial charge in [0.1, 0.15) is 0 Å². The van der Waals surface area contributed by atoms with Gasteiger partial charge in [-0.05, 0) is 49.9 Å². The molecule has 25 heavy (non-hydrogen) atoms. The third-order valence-electron chi connectivity index (χ3n) is 4.33. The summed E-state index contributed by atoms with van der Waals surface area (Å²) in [6.45, 7) is 2.59. The smallest absolute Gasteiger partial charge is 0.303 e. The number of likely N-dealkylation sites (tertiary alicyclic amines) is 1. The van der Waals surface area contributed by atoms with Crippen LogP contribution in [0.1, 0.15) is 49.4 Å². The summed E-state index contributed by atoms with van der Waals surface area (Å²) in [5.41, 5.74) is 0.415. The summed E-state index contributed by atoms with van der Waals surface area (Å²) in [5, 5.41) is 8.87. The Morgan fingerprint density at radius 1 is 1.24 bits per heavy atom. The first-order chi connectivity index (χ1) is 11.8. The summed E-state index contributed by atoms with van der Waals surface area (Å²) in [4.78, 5) is 25.4. The largest absolute Gasteiger partial charge is 0.481 e. The molecule has 0 bridgehead atoms. The van der Waals surface area contributed by atoms with Gasteiger partial charge < -0.3 is 10.0 Å². The molecular weight excluding hydrogens is 344 g/mol. The van der Waals surface area contributed by atoms with Crippen molar-refractivity contribution in [1.82, 2.24) is 9.62 Å². The number of hydrogen-bond donors (Lipinski definition) is 2. The number of nitrogens with zero attached hydrogens (tertiary/aromatic N) is 1. The van der Waals surface area contributed by atoms with Gasteiger partial charge in [0.2, 0.25) is 10.0 Å². The molecule has 1 atom stereocenters. The maximum Gasteiger partial charge on any atom is 0.303 e. The van der Waals surface area contributed by atoms with Crippen molar-refractivity contribution in [2.75, 3.05) is 13.1 Å². The number of piperidine rings is 1. The fraction of sp³-hybridized carbons (Fsp3) is 0.529. The zero-order valence-corrected chi connectivity index (χ0v) is 15.1. The second-order valence-electron chi connectivity index (χ2n) is 6.11. The average Bonchev–Trinajstić information content (AvgIpc) is 2.59. The molecule has 1 aliphatic rings. The van der Waals surface area contributed by atoms with Crippen molar-refractivity contribution < 1.29 is 23.1 Å². The minimum Gasteiger partial charge on any atom is -0.481 e. The van der Waals surface area contributed by atoms with Crippen molar-refractivity contribution in [3.05, 3.63) is 29.8 Å². The second-order valence-corrected chi connectivity index (χ2v) is 7.87. The standard InChI is InChI=1S/C17H24N2O5S/c1-2-18-25(23,24)15-9-6-13(7-10-15)17(22)19-12-4-3-5-14(19)8-11-16(20)21/h6-7,9-10,14,18H,2-5,8,11-12H2,1H3,(H,20,21). The molecule has 0 saturated carbocycles. The quantitative estimate of drug-likeness (QED) is 0.764. The number of rotatable bonds is 7. The predicted molar refractivity (Wildman–Crippen MR) is 92.8 cm³/mol. The number of sulfonamides is 1. The summed E-state index contributed by atoms with van der Waals surface area (Å²) < 4.78 is 26.3. The highest BCUT2D eigenvalue weighted by Gasteiger charge is 2.28. The molecule has 1 saturated heterocycles. The number of carboxylic acid groups (broad SMARTS) is 1. The van der Waals surface area contributed by atoms with Crippen LogP contribution in [-0.2, 0) is 14.8 Å². The number of nitrogens with one attached hydrogen (secondary N) is 1. The molecule has 0 spiro atoms. The van der Waals surface area contributed by atoms with Gasteiger partial charge in [0.15, 0.2) is 0 Å². The number of carbonyl (C=O) groups is 2. The Bertz CT molecular complexity index is 715. The number of hydrogen-bond acceptors (Lipinski definition) is 4. The molecule has 1 aromatic rings. The van der Waals surface area contributed by atoms with Crippen LogP contribution in [0, 0.1) is 0 Å². The van der Waals surface area contributed by atoms with Gasteiger partial charge in [-0.25, -0.2) is 13.1 Å². The minimum atomic E-state index is -3.55. The van der Waals surface area contributed by atoms with Gasteiger partial charge in [0, 0.05) is 31.1 Å². The molecule has 1 fully saturated rings. The van der Waals surface area contributed by atoms with Crippen LogP contribution in [0.4, 0.5) is 0 Å². The zero-order chi connectivity index (χ0) is 18.4. The first-order valence-corrected chi connectivity index (χ1v) is 9.96. The van der Waals surface area contributed by atoms with Crippen LogP contribution in [0.15, 0.2) is 29.2 Å². The highest BCUT2D eigenvalue weighted by molar-refractivity contribution is 7.89. The maximum absolute atomic E-state index is 12.8. The Morgan fingerprint density at radius 2 is 1.92 bits per heavy atom. The van der Waals surface area contributed by atoms with Gasteiger partial charge in [-0.2, -0.15) is 0 Å². The molecule has 1 amide bonds. The Balaban J connectivity index is 2.14. The Morgan fingerprint density at radius 3 is 2.52 bits per heavy atom. The molecule has 1 aliphatic heterocycles. The van der Waals surface area contributed by atoms with Crippen LogP contribution >= 0.6 is 0 Å². The van der Waals surface area contributed by atoms with E-state index in [1.54, 1.807) is 11.8 Å². The third-order valence-corrected chi connectivity index (χ3v) is 5.89. The molecule has 2 rings (SSSR count). The van der Waals surface area contributed by atoms with Gasteiger partial charge in [0.25, 0.3) is 5.91 Å². The van der Waals surface area contributed by atoms with Crippen LogP contribution in [0.25, 0.3) is 0 Å². The van der Waals surface area contributed by atoms with E-state index >= 15 is 0 Å². The van der Waals surface area contributed by atoms with Crippen LogP contribution < -0.4 is 4.72 Å². The molecule has 138 valence electrons. The van der Waals surface area contributed by atoms with Gasteiger partial charge in [0.05, 0.1) is 4.90 Å². The first-order valence-electron chi connectivity index (χ1n) is 8.47. The summed E-state index contributed by atoms with van der Waals surface area (Å²) in [5.74, 6) is -1.04. The molecular formula is C17H24N2O5S. The third kappa shape index (κ3) is 5.02. The molecule has 1 unspecified atom stereocenters. The molecule has 8 heteroatoms. The van der Waals surface area contributed by atoms with Crippen molar-refractivity contribution in [3.8, 4) is 0 Å². The van der Waals surface area contributed by atoms with Gasteiger partial charge in [-0.3, -0.25) is 9.59 Å². The van der Waals surface area contributed by atoms with Crippen molar-refractivity contribution in [2.45, 2.75) is 50.0 Å². The summed E-state index contributed by atoms with van der Waals surface area (Å²) in [7, 11) is -3.55. The molecule has 0 aromatic heterocycles. The Kier molecular flexibility index (Phi) is 6.55. The lowest BCUT2D eigenvalue weighted by molar-refractivity contribution is -0.137. The van der Waals surface area contributed by atoms with E-state index in [0.717, 1.165) is 19.3 Å². The summed E-state index contributed by atoms with van der Waals surface area (Å²) in [6.07, 6.45) is 3.14. The monoisotopic (exact) mass is 368 g/mol. The van der Waals surface area contributed by atoms with Crippen molar-refractivity contribution >= 4 is 21.9 Å². The van der Waals surface area contributed by atoms with Crippen LogP contribution in [0.2, 0.25) is 0 Å². The average molecular weight is 368 g/mol. The second kappa shape index (κ2) is 8.44. The fourth-order valence-corrected chi connectivity index (χ4v) is 4.12. The molecule has 1 aromatic carbocycles. The minimum absolute atomic E-state index is 0.0360. The SMILES string of the molecule is CCNS(=O)(=O)c1ccc(C(=O)N2CCCCC2CCC(=O)O)cc1. The van der Waals surface area contributed by atoms with E-state index in [0.29, 0.717) is 25.1 Å². The van der Waals surface area contributed by atoms with Crippen molar-refractivity contribution in [2.24, 2.45) is 0 Å². The number of aliphatic carboxylic acids is 1. The molecule has 2 N–H and O–H groups in total. The zero-order valence-electron chi connectivity index (χ0n) is 14.3. The van der Waals surface area contributed by atoms with E-state index in [2.05, 4.69) is 4.72 Å². The first kappa shape index (κ1) is 19.4. The van der Waals surface area contributed by atoms with Crippen molar-refractivity contribution in [1.29, 1.82) is 0 Å². The van der Waals surface area contributed by atoms with E-state index in [-0.39, 0.29) is 23.3 Å². The predicted octanol–water partition coefficient (Wildman–Crippen LogP) is 1.84. The van der Waals surface area contributed by atoms with E-state index < -0.39 is 16.0 Å². The van der Waals surface area contributed by atoms with E-state index in [1.165, 1.54) is 24.3 Å². The van der Waals surface area contributed by atoms with Crippen LogP contribution in [0.5, 0.6) is 0 Å². The summed E-state index contributed by atoms with van der Waals surface area (Å²) >= 11 is 0. The molecule has 1 heterocycles. The lowest BCUT2D eigenvalue weighted by atomic mass is 9.97. The fourth-order valence-electron chi connectivity index (χ4n) is 3.07. The van der Waals surface area contributed by atoms with E-state index in [9.17, 15) is 18.0 Å². The molecule has 7 nitrogen and oxygen atoms in total.